The summed E-state index contributed by atoms with van der Waals surface area (Å²) in [6.07, 6.45) is 6.30. The molecule has 2 aliphatic rings. The van der Waals surface area contributed by atoms with Gasteiger partial charge in [0.05, 0.1) is 10.7 Å². The van der Waals surface area contributed by atoms with E-state index in [1.807, 2.05) is 18.3 Å². The molecule has 3 aromatic rings. The van der Waals surface area contributed by atoms with Crippen molar-refractivity contribution in [2.24, 2.45) is 0 Å². The van der Waals surface area contributed by atoms with Crippen LogP contribution < -0.4 is 4.90 Å². The Balaban J connectivity index is 1.16. The second kappa shape index (κ2) is 9.96. The van der Waals surface area contributed by atoms with Gasteiger partial charge in [0.25, 0.3) is 0 Å². The molecule has 2 aromatic carbocycles. The molecule has 2 heterocycles. The first-order valence-corrected chi connectivity index (χ1v) is 12.8. The lowest BCUT2D eigenvalue weighted by Crippen LogP contribution is -2.50. The highest BCUT2D eigenvalue weighted by molar-refractivity contribution is 6.38. The lowest BCUT2D eigenvalue weighted by molar-refractivity contribution is 0.145. The Morgan fingerprint density at radius 3 is 2.76 bits per heavy atom. The zero-order valence-electron chi connectivity index (χ0n) is 19.6. The third-order valence-corrected chi connectivity index (χ3v) is 7.92. The molecule has 6 heteroatoms. The molecule has 0 saturated carbocycles. The fraction of sp³-hybridized carbons (Fsp3) is 0.481. The minimum atomic E-state index is 0.474. The van der Waals surface area contributed by atoms with Crippen LogP contribution in [0.15, 0.2) is 42.6 Å². The third kappa shape index (κ3) is 4.72. The second-order valence-corrected chi connectivity index (χ2v) is 9.89. The minimum Gasteiger partial charge on any atom is -0.508 e. The first kappa shape index (κ1) is 22.6. The molecule has 2 N–H and O–H groups in total. The van der Waals surface area contributed by atoms with Crippen LogP contribution in [0.3, 0.4) is 0 Å². The number of hydrogen-bond acceptors (Lipinski definition) is 4. The average molecular weight is 467 g/mol. The van der Waals surface area contributed by atoms with Crippen LogP contribution in [-0.4, -0.2) is 71.7 Å². The molecule has 5 nitrogen and oxygen atoms in total. The zero-order chi connectivity index (χ0) is 22.8. The molecule has 1 atom stereocenters. The summed E-state index contributed by atoms with van der Waals surface area (Å²) in [5.41, 5.74) is 4.74. The molecule has 1 aromatic heterocycles. The van der Waals surface area contributed by atoms with Crippen LogP contribution in [0.2, 0.25) is 5.02 Å². The summed E-state index contributed by atoms with van der Waals surface area (Å²) < 4.78 is 0. The van der Waals surface area contributed by atoms with E-state index >= 15 is 0 Å². The maximum absolute atomic E-state index is 10.2. The third-order valence-electron chi connectivity index (χ3n) is 7.52. The summed E-state index contributed by atoms with van der Waals surface area (Å²) in [6, 6.07) is 12.9. The Kier molecular flexibility index (Phi) is 6.81. The number of nitrogens with one attached hydrogen (secondary N) is 1. The number of anilines is 1. The van der Waals surface area contributed by atoms with Gasteiger partial charge in [-0.1, -0.05) is 30.7 Å². The number of aromatic amines is 1. The van der Waals surface area contributed by atoms with E-state index in [2.05, 4.69) is 50.9 Å². The minimum absolute atomic E-state index is 0.474. The summed E-state index contributed by atoms with van der Waals surface area (Å²) in [5, 5.41) is 12.2. The van der Waals surface area contributed by atoms with Gasteiger partial charge in [-0.05, 0) is 67.6 Å². The highest BCUT2D eigenvalue weighted by atomic mass is 35.5. The van der Waals surface area contributed by atoms with E-state index in [9.17, 15) is 5.11 Å². The van der Waals surface area contributed by atoms with Crippen molar-refractivity contribution < 1.29 is 5.11 Å². The fourth-order valence-corrected chi connectivity index (χ4v) is 6.00. The van der Waals surface area contributed by atoms with Crippen molar-refractivity contribution in [3.05, 3.63) is 58.7 Å². The Morgan fingerprint density at radius 2 is 1.94 bits per heavy atom. The monoisotopic (exact) mass is 466 g/mol. The number of fused-ring (bicyclic) bond motifs is 2. The van der Waals surface area contributed by atoms with Crippen molar-refractivity contribution in [3.63, 3.8) is 0 Å². The van der Waals surface area contributed by atoms with E-state index in [-0.39, 0.29) is 0 Å². The van der Waals surface area contributed by atoms with Gasteiger partial charge in [0.15, 0.2) is 0 Å². The lowest BCUT2D eigenvalue weighted by Gasteiger charge is -2.39. The number of benzene rings is 2. The summed E-state index contributed by atoms with van der Waals surface area (Å²) in [5.74, 6) is 0.474. The number of aromatic nitrogens is 1. The molecule has 1 aliphatic heterocycles. The van der Waals surface area contributed by atoms with Crippen LogP contribution in [0.4, 0.5) is 5.69 Å². The average Bonchev–Trinajstić information content (AvgIpc) is 3.32. The van der Waals surface area contributed by atoms with Gasteiger partial charge in [-0.2, -0.15) is 0 Å². The summed E-state index contributed by atoms with van der Waals surface area (Å²) in [6.45, 7) is 9.82. The molecule has 33 heavy (non-hydrogen) atoms. The number of phenolic OH excluding ortho intramolecular Hbond substituents is 1. The van der Waals surface area contributed by atoms with Crippen molar-refractivity contribution in [1.82, 2.24) is 14.8 Å². The van der Waals surface area contributed by atoms with E-state index in [0.717, 1.165) is 92.3 Å². The Labute approximate surface area is 201 Å². The van der Waals surface area contributed by atoms with Crippen molar-refractivity contribution in [1.29, 1.82) is 0 Å². The molecule has 0 spiro atoms. The van der Waals surface area contributed by atoms with Crippen molar-refractivity contribution in [2.45, 2.75) is 38.6 Å². The molecule has 0 amide bonds. The van der Waals surface area contributed by atoms with Crippen LogP contribution in [0, 0.1) is 0 Å². The van der Waals surface area contributed by atoms with E-state index in [1.165, 1.54) is 12.0 Å². The molecule has 0 bridgehead atoms. The second-order valence-electron chi connectivity index (χ2n) is 9.51. The molecule has 0 radical (unpaired) electrons. The Morgan fingerprint density at radius 1 is 1.09 bits per heavy atom. The number of halogens is 1. The topological polar surface area (TPSA) is 45.7 Å². The number of phenols is 1. The number of aromatic hydroxyl groups is 1. The van der Waals surface area contributed by atoms with Gasteiger partial charge in [-0.25, -0.2) is 0 Å². The number of nitrogens with zero attached hydrogens (tertiary/aromatic N) is 3. The van der Waals surface area contributed by atoms with Gasteiger partial charge in [-0.15, -0.1) is 0 Å². The molecule has 1 saturated heterocycles. The highest BCUT2D eigenvalue weighted by Gasteiger charge is 2.26. The summed E-state index contributed by atoms with van der Waals surface area (Å²) in [7, 11) is 0. The van der Waals surface area contributed by atoms with Gasteiger partial charge >= 0.3 is 0 Å². The standard InChI is InChI=1S/C27H35ClN4O/c1-2-12-31(21-6-7-22-20(19-21)4-3-5-26(22)33)16-13-30-14-17-32(18-15-30)25-9-8-24-23(27(25)28)10-11-29-24/h3-5,8-11,21,29,33H,2,6-7,12-19H2,1H3. The van der Waals surface area contributed by atoms with Crippen LogP contribution in [0.1, 0.15) is 30.9 Å². The molecule has 1 unspecified atom stereocenters. The normalized spacial score (nSPS) is 19.4. The van der Waals surface area contributed by atoms with Gasteiger partial charge in [0, 0.05) is 62.4 Å². The summed E-state index contributed by atoms with van der Waals surface area (Å²) >= 11 is 6.72. The molecule has 1 aliphatic carbocycles. The number of hydrogen-bond donors (Lipinski definition) is 2. The van der Waals surface area contributed by atoms with Crippen LogP contribution >= 0.6 is 11.6 Å². The van der Waals surface area contributed by atoms with E-state index in [4.69, 9.17) is 11.6 Å². The Bertz CT molecular complexity index is 1090. The molecular formula is C27H35ClN4O. The van der Waals surface area contributed by atoms with E-state index < -0.39 is 0 Å². The van der Waals surface area contributed by atoms with Crippen molar-refractivity contribution in [3.8, 4) is 5.75 Å². The first-order chi connectivity index (χ1) is 16.1. The predicted molar refractivity (Wildman–Crippen MR) is 138 cm³/mol. The van der Waals surface area contributed by atoms with Crippen molar-refractivity contribution in [2.75, 3.05) is 50.7 Å². The van der Waals surface area contributed by atoms with Gasteiger partial charge in [0.1, 0.15) is 5.75 Å². The molecule has 5 rings (SSSR count). The fourth-order valence-electron chi connectivity index (χ4n) is 5.66. The smallest absolute Gasteiger partial charge is 0.119 e. The quantitative estimate of drug-likeness (QED) is 0.519. The van der Waals surface area contributed by atoms with Crippen LogP contribution in [0.5, 0.6) is 5.75 Å². The molecular weight excluding hydrogens is 432 g/mol. The number of H-pyrrole nitrogens is 1. The zero-order valence-corrected chi connectivity index (χ0v) is 20.3. The van der Waals surface area contributed by atoms with Crippen LogP contribution in [-0.2, 0) is 12.8 Å². The predicted octanol–water partition coefficient (Wildman–Crippen LogP) is 4.92. The first-order valence-electron chi connectivity index (χ1n) is 12.4. The van der Waals surface area contributed by atoms with E-state index in [0.29, 0.717) is 11.8 Å². The van der Waals surface area contributed by atoms with Crippen LogP contribution in [0.25, 0.3) is 10.9 Å². The maximum Gasteiger partial charge on any atom is 0.119 e. The lowest BCUT2D eigenvalue weighted by atomic mass is 9.87. The highest BCUT2D eigenvalue weighted by Crippen LogP contribution is 2.34. The van der Waals surface area contributed by atoms with Gasteiger partial charge in [0.2, 0.25) is 0 Å². The number of piperazine rings is 1. The van der Waals surface area contributed by atoms with E-state index in [1.54, 1.807) is 0 Å². The maximum atomic E-state index is 10.2. The Hall–Kier alpha value is -2.21. The molecule has 176 valence electrons. The number of rotatable bonds is 7. The largest absolute Gasteiger partial charge is 0.508 e. The summed E-state index contributed by atoms with van der Waals surface area (Å²) in [4.78, 5) is 11.0. The SMILES string of the molecule is CCCN(CCN1CCN(c2ccc3[nH]ccc3c2Cl)CC1)C1CCc2c(O)cccc2C1. The van der Waals surface area contributed by atoms with Crippen molar-refractivity contribution >= 4 is 28.2 Å². The molecule has 1 fully saturated rings. The van der Waals surface area contributed by atoms with Gasteiger partial charge in [-0.3, -0.25) is 9.80 Å². The van der Waals surface area contributed by atoms with Gasteiger partial charge < -0.3 is 15.0 Å².